The van der Waals surface area contributed by atoms with Crippen LogP contribution >= 0.6 is 23.2 Å². The minimum absolute atomic E-state index is 0.0435. The third-order valence-corrected chi connectivity index (χ3v) is 11.8. The van der Waals surface area contributed by atoms with Gasteiger partial charge in [-0.05, 0) is 100.0 Å². The van der Waals surface area contributed by atoms with E-state index < -0.39 is 30.1 Å². The van der Waals surface area contributed by atoms with Crippen LogP contribution in [0.3, 0.4) is 0 Å². The molecule has 8 rings (SSSR count). The molecule has 3 unspecified atom stereocenters. The lowest BCUT2D eigenvalue weighted by atomic mass is 9.91. The number of benzene rings is 6. The van der Waals surface area contributed by atoms with Gasteiger partial charge in [-0.3, -0.25) is 14.5 Å². The summed E-state index contributed by atoms with van der Waals surface area (Å²) < 4.78 is 12.3. The Balaban J connectivity index is 0.995. The maximum Gasteiger partial charge on any atom is 0.326 e. The van der Waals surface area contributed by atoms with Crippen LogP contribution in [0.4, 0.5) is 5.69 Å². The molecule has 0 spiro atoms. The second kappa shape index (κ2) is 18.2. The predicted octanol–water partition coefficient (Wildman–Crippen LogP) is 8.79. The van der Waals surface area contributed by atoms with E-state index in [-0.39, 0.29) is 38.4 Å². The molecule has 11 nitrogen and oxygen atoms in total. The van der Waals surface area contributed by atoms with Crippen molar-refractivity contribution in [3.8, 4) is 34.8 Å². The molecule has 0 bridgehead atoms. The molecule has 2 heterocycles. The second-order valence-corrected chi connectivity index (χ2v) is 15.9. The van der Waals surface area contributed by atoms with Crippen molar-refractivity contribution in [2.75, 3.05) is 5.32 Å². The summed E-state index contributed by atoms with van der Waals surface area (Å²) >= 11 is 12.2. The molecule has 3 N–H and O–H groups in total. The number of fused-ring (bicyclic) bond motifs is 2. The molecular formula is C49H37Cl2N5O6. The second-order valence-electron chi connectivity index (χ2n) is 15.1. The van der Waals surface area contributed by atoms with Gasteiger partial charge in [-0.25, -0.2) is 4.79 Å². The number of nitrogens with one attached hydrogen (secondary N) is 2. The molecule has 0 aromatic heterocycles. The maximum atomic E-state index is 14.2. The van der Waals surface area contributed by atoms with Crippen LogP contribution in [0.5, 0.6) is 11.5 Å². The van der Waals surface area contributed by atoms with Gasteiger partial charge in [0.05, 0.1) is 45.0 Å². The molecule has 0 saturated heterocycles. The summed E-state index contributed by atoms with van der Waals surface area (Å²) in [5, 5.41) is 36.0. The average molecular weight is 863 g/mol. The summed E-state index contributed by atoms with van der Waals surface area (Å²) in [7, 11) is 0. The average Bonchev–Trinajstić information content (AvgIpc) is 3.28. The Morgan fingerprint density at radius 3 is 2.26 bits per heavy atom. The summed E-state index contributed by atoms with van der Waals surface area (Å²) in [4.78, 5) is 42.2. The lowest BCUT2D eigenvalue weighted by Gasteiger charge is -2.38. The van der Waals surface area contributed by atoms with Gasteiger partial charge >= 0.3 is 5.97 Å². The quantitative estimate of drug-likeness (QED) is 0.109. The highest BCUT2D eigenvalue weighted by atomic mass is 35.5. The van der Waals surface area contributed by atoms with E-state index in [1.54, 1.807) is 60.7 Å². The molecule has 3 atom stereocenters. The third-order valence-electron chi connectivity index (χ3n) is 11.0. The minimum atomic E-state index is -1.23. The number of ether oxygens (including phenoxy) is 2. The van der Waals surface area contributed by atoms with Crippen molar-refractivity contribution in [3.63, 3.8) is 0 Å². The van der Waals surface area contributed by atoms with Gasteiger partial charge in [0.1, 0.15) is 24.1 Å². The van der Waals surface area contributed by atoms with Gasteiger partial charge in [-0.1, -0.05) is 96.0 Å². The van der Waals surface area contributed by atoms with Crippen LogP contribution in [-0.2, 0) is 46.9 Å². The van der Waals surface area contributed by atoms with E-state index in [9.17, 15) is 24.8 Å². The van der Waals surface area contributed by atoms with E-state index in [0.717, 1.165) is 33.4 Å². The molecule has 2 aliphatic rings. The van der Waals surface area contributed by atoms with Crippen molar-refractivity contribution in [2.24, 2.45) is 0 Å². The van der Waals surface area contributed by atoms with Crippen LogP contribution in [0, 0.1) is 22.7 Å². The highest BCUT2D eigenvalue weighted by molar-refractivity contribution is 6.42. The molecule has 308 valence electrons. The maximum absolute atomic E-state index is 14.2. The van der Waals surface area contributed by atoms with Gasteiger partial charge in [-0.15, -0.1) is 0 Å². The topological polar surface area (TPSA) is 165 Å². The number of amides is 2. The van der Waals surface area contributed by atoms with E-state index in [0.29, 0.717) is 49.5 Å². The number of anilines is 1. The predicted molar refractivity (Wildman–Crippen MR) is 233 cm³/mol. The van der Waals surface area contributed by atoms with Gasteiger partial charge in [0, 0.05) is 25.1 Å². The van der Waals surface area contributed by atoms with Crippen molar-refractivity contribution in [1.82, 2.24) is 10.2 Å². The molecule has 62 heavy (non-hydrogen) atoms. The molecule has 0 fully saturated rings. The summed E-state index contributed by atoms with van der Waals surface area (Å²) in [5.41, 5.74) is 7.86. The highest BCUT2D eigenvalue weighted by Crippen LogP contribution is 2.40. The van der Waals surface area contributed by atoms with E-state index in [2.05, 4.69) is 22.8 Å². The Labute approximate surface area is 367 Å². The first-order valence-corrected chi connectivity index (χ1v) is 20.5. The zero-order chi connectivity index (χ0) is 43.3. The lowest BCUT2D eigenvalue weighted by Crippen LogP contribution is -2.54. The van der Waals surface area contributed by atoms with Gasteiger partial charge in [-0.2, -0.15) is 10.5 Å². The number of nitriles is 2. The number of carboxylic acids is 1. The van der Waals surface area contributed by atoms with Gasteiger partial charge < -0.3 is 25.2 Å². The van der Waals surface area contributed by atoms with Crippen LogP contribution in [0.1, 0.15) is 50.6 Å². The fourth-order valence-corrected chi connectivity index (χ4v) is 8.00. The molecular weight excluding hydrogens is 825 g/mol. The largest absolute Gasteiger partial charge is 0.489 e. The number of nitrogens with zero attached hydrogens (tertiary/aromatic N) is 3. The van der Waals surface area contributed by atoms with Crippen molar-refractivity contribution in [3.05, 3.63) is 182 Å². The van der Waals surface area contributed by atoms with Crippen molar-refractivity contribution in [1.29, 1.82) is 10.5 Å². The van der Waals surface area contributed by atoms with Crippen LogP contribution in [-0.4, -0.2) is 39.9 Å². The smallest absolute Gasteiger partial charge is 0.326 e. The van der Waals surface area contributed by atoms with Crippen LogP contribution in [0.25, 0.3) is 11.1 Å². The van der Waals surface area contributed by atoms with E-state index >= 15 is 0 Å². The summed E-state index contributed by atoms with van der Waals surface area (Å²) in [5.74, 6) is -0.970. The Bertz CT molecular complexity index is 2770. The molecule has 2 amide bonds. The standard InChI is InChI=1S/C49H37Cl2N5O6/c50-40-18-9-31(19-41(40)51)28-61-39-16-14-34(15-17-39)46-48(58)54-42-21-37-22-44(56(27-38(37)23-45(42)62-46)26-36-4-2-1-3-35(36)25-53)47(57)55-43(49(59)60)20-29-5-10-32(11-6-29)33-12-7-30(24-52)8-13-33/h1-19,21,23,43-44,46H,20,22,26-28H2,(H,54,58)(H,55,57)(H,59,60). The first-order chi connectivity index (χ1) is 30.0. The summed E-state index contributed by atoms with van der Waals surface area (Å²) in [6.45, 7) is 0.794. The first-order valence-electron chi connectivity index (χ1n) is 19.7. The summed E-state index contributed by atoms with van der Waals surface area (Å²) in [6, 6.07) is 40.1. The number of aliphatic carboxylic acids is 1. The number of hydrogen-bond donors (Lipinski definition) is 3. The molecule has 0 saturated carbocycles. The Morgan fingerprint density at radius 1 is 0.855 bits per heavy atom. The summed E-state index contributed by atoms with van der Waals surface area (Å²) in [6.07, 6.45) is -0.690. The van der Waals surface area contributed by atoms with E-state index in [4.69, 9.17) is 37.9 Å². The molecule has 13 heteroatoms. The van der Waals surface area contributed by atoms with Gasteiger partial charge in [0.25, 0.3) is 5.91 Å². The van der Waals surface area contributed by atoms with Crippen LogP contribution in [0.15, 0.2) is 127 Å². The highest BCUT2D eigenvalue weighted by Gasteiger charge is 2.37. The minimum Gasteiger partial charge on any atom is -0.489 e. The Morgan fingerprint density at radius 2 is 1.56 bits per heavy atom. The van der Waals surface area contributed by atoms with E-state index in [1.807, 2.05) is 71.6 Å². The Hall–Kier alpha value is -7.15. The lowest BCUT2D eigenvalue weighted by molar-refractivity contribution is -0.142. The number of carbonyl (C=O) groups excluding carboxylic acids is 2. The number of carboxylic acid groups (broad SMARTS) is 1. The molecule has 0 radical (unpaired) electrons. The van der Waals surface area contributed by atoms with Crippen molar-refractivity contribution >= 4 is 46.7 Å². The normalized spacial score (nSPS) is 16.0. The number of rotatable bonds is 12. The van der Waals surface area contributed by atoms with Crippen LogP contribution in [0.2, 0.25) is 10.0 Å². The Kier molecular flexibility index (Phi) is 12.2. The first kappa shape index (κ1) is 41.6. The SMILES string of the molecule is N#Cc1ccc(-c2ccc(CC(NC(=O)C3Cc4cc5c(cc4CN3Cc3ccccc3C#N)OC(c3ccc(OCc4ccc(Cl)c(Cl)c4)cc3)C(=O)N5)C(=O)O)cc2)cc1. The molecule has 6 aromatic rings. The zero-order valence-corrected chi connectivity index (χ0v) is 34.5. The van der Waals surface area contributed by atoms with Crippen molar-refractivity contribution < 1.29 is 29.0 Å². The zero-order valence-electron chi connectivity index (χ0n) is 33.0. The fourth-order valence-electron chi connectivity index (χ4n) is 7.68. The van der Waals surface area contributed by atoms with Crippen molar-refractivity contribution in [2.45, 2.75) is 50.7 Å². The number of hydrogen-bond acceptors (Lipinski definition) is 8. The van der Waals surface area contributed by atoms with Gasteiger partial charge in [0.2, 0.25) is 12.0 Å². The van der Waals surface area contributed by atoms with E-state index in [1.165, 1.54) is 0 Å². The van der Waals surface area contributed by atoms with Gasteiger partial charge in [0.15, 0.2) is 0 Å². The van der Waals surface area contributed by atoms with Crippen LogP contribution < -0.4 is 20.1 Å². The molecule has 2 aliphatic heterocycles. The molecule has 0 aliphatic carbocycles. The third kappa shape index (κ3) is 9.26. The number of halogens is 2. The number of carbonyl (C=O) groups is 3. The fraction of sp³-hybridized carbons (Fsp3) is 0.163. The monoisotopic (exact) mass is 861 g/mol. The molecule has 6 aromatic carbocycles.